The minimum atomic E-state index is -0.285. The van der Waals surface area contributed by atoms with E-state index in [4.69, 9.17) is 11.0 Å². The number of amides is 1. The molecule has 0 unspecified atom stereocenters. The van der Waals surface area contributed by atoms with Crippen LogP contribution in [0.2, 0.25) is 0 Å². The first-order valence-corrected chi connectivity index (χ1v) is 5.72. The average Bonchev–Trinajstić information content (AvgIpc) is 2.35. The van der Waals surface area contributed by atoms with E-state index in [1.807, 2.05) is 19.9 Å². The van der Waals surface area contributed by atoms with Crippen LogP contribution in [0.15, 0.2) is 6.20 Å². The minimum Gasteiger partial charge on any atom is -0.396 e. The second-order valence-electron chi connectivity index (χ2n) is 4.32. The van der Waals surface area contributed by atoms with Crippen LogP contribution < -0.4 is 5.73 Å². The topological polar surface area (TPSA) is 95.9 Å². The summed E-state index contributed by atoms with van der Waals surface area (Å²) in [5.41, 5.74) is 6.18. The maximum absolute atomic E-state index is 12.1. The fourth-order valence-electron chi connectivity index (χ4n) is 1.35. The van der Waals surface area contributed by atoms with E-state index in [2.05, 4.69) is 9.97 Å². The lowest BCUT2D eigenvalue weighted by Gasteiger charge is -2.16. The van der Waals surface area contributed by atoms with Crippen LogP contribution in [0.1, 0.15) is 42.5 Å². The van der Waals surface area contributed by atoms with Crippen molar-refractivity contribution in [2.24, 2.45) is 0 Å². The highest BCUT2D eigenvalue weighted by Gasteiger charge is 2.18. The van der Waals surface area contributed by atoms with Crippen molar-refractivity contribution in [1.29, 1.82) is 5.26 Å². The molecule has 0 atom stereocenters. The lowest BCUT2D eigenvalue weighted by atomic mass is 10.2. The van der Waals surface area contributed by atoms with Gasteiger partial charge < -0.3 is 10.6 Å². The van der Waals surface area contributed by atoms with Crippen molar-refractivity contribution in [3.05, 3.63) is 17.7 Å². The largest absolute Gasteiger partial charge is 0.396 e. The molecule has 1 heterocycles. The fourth-order valence-corrected chi connectivity index (χ4v) is 1.35. The van der Waals surface area contributed by atoms with Crippen molar-refractivity contribution < 1.29 is 4.79 Å². The molecule has 0 aromatic carbocycles. The van der Waals surface area contributed by atoms with Crippen LogP contribution in [0.3, 0.4) is 0 Å². The Balaban J connectivity index is 2.98. The van der Waals surface area contributed by atoms with Crippen LogP contribution >= 0.6 is 0 Å². The molecule has 18 heavy (non-hydrogen) atoms. The molecule has 1 aromatic rings. The molecule has 96 valence electrons. The third kappa shape index (κ3) is 3.17. The number of rotatable bonds is 4. The number of carbonyl (C=O) groups excluding carboxylic acids is 1. The second kappa shape index (κ2) is 5.96. The smallest absolute Gasteiger partial charge is 0.274 e. The Bertz CT molecular complexity index is 478. The van der Waals surface area contributed by atoms with Crippen LogP contribution in [0.4, 0.5) is 5.69 Å². The third-order valence-corrected chi connectivity index (χ3v) is 2.46. The van der Waals surface area contributed by atoms with E-state index in [9.17, 15) is 4.79 Å². The van der Waals surface area contributed by atoms with Gasteiger partial charge in [-0.2, -0.15) is 5.26 Å². The molecule has 0 aliphatic rings. The van der Waals surface area contributed by atoms with E-state index in [0.717, 1.165) is 0 Å². The summed E-state index contributed by atoms with van der Waals surface area (Å²) in [7, 11) is 1.62. The first kappa shape index (κ1) is 13.9. The highest BCUT2D eigenvalue weighted by atomic mass is 16.2. The molecule has 6 heteroatoms. The summed E-state index contributed by atoms with van der Waals surface area (Å²) in [6.07, 6.45) is 1.73. The number of hydrogen-bond donors (Lipinski definition) is 1. The number of nitrogens with two attached hydrogens (primary N) is 1. The zero-order chi connectivity index (χ0) is 13.7. The van der Waals surface area contributed by atoms with E-state index >= 15 is 0 Å². The molecule has 0 spiro atoms. The number of anilines is 1. The van der Waals surface area contributed by atoms with Crippen molar-refractivity contribution in [3.8, 4) is 6.07 Å². The SMILES string of the molecule is CC(C)c1ncc(N)c(C(=O)N(C)CCC#N)n1. The number of nitrogen functional groups attached to an aromatic ring is 1. The van der Waals surface area contributed by atoms with Gasteiger partial charge in [-0.25, -0.2) is 9.97 Å². The monoisotopic (exact) mass is 247 g/mol. The minimum absolute atomic E-state index is 0.126. The summed E-state index contributed by atoms with van der Waals surface area (Å²) in [4.78, 5) is 21.8. The van der Waals surface area contributed by atoms with Crippen LogP contribution in [0.25, 0.3) is 0 Å². The van der Waals surface area contributed by atoms with Gasteiger partial charge >= 0.3 is 0 Å². The molecule has 0 aliphatic heterocycles. The molecule has 0 bridgehead atoms. The Morgan fingerprint density at radius 2 is 2.28 bits per heavy atom. The van der Waals surface area contributed by atoms with Gasteiger partial charge in [0.1, 0.15) is 5.82 Å². The van der Waals surface area contributed by atoms with E-state index in [1.54, 1.807) is 7.05 Å². The number of aromatic nitrogens is 2. The number of nitriles is 1. The van der Waals surface area contributed by atoms with Gasteiger partial charge in [0.15, 0.2) is 5.69 Å². The molecular weight excluding hydrogens is 230 g/mol. The summed E-state index contributed by atoms with van der Waals surface area (Å²) in [6, 6.07) is 1.99. The summed E-state index contributed by atoms with van der Waals surface area (Å²) >= 11 is 0. The summed E-state index contributed by atoms with van der Waals surface area (Å²) in [5, 5.41) is 8.50. The van der Waals surface area contributed by atoms with Gasteiger partial charge in [-0.3, -0.25) is 4.79 Å². The third-order valence-electron chi connectivity index (χ3n) is 2.46. The van der Waals surface area contributed by atoms with Gasteiger partial charge in [-0.1, -0.05) is 13.8 Å². The van der Waals surface area contributed by atoms with E-state index in [0.29, 0.717) is 12.4 Å². The van der Waals surface area contributed by atoms with Crippen molar-refractivity contribution in [3.63, 3.8) is 0 Å². The Morgan fingerprint density at radius 3 is 2.83 bits per heavy atom. The summed E-state index contributed by atoms with van der Waals surface area (Å²) in [5.74, 6) is 0.426. The molecule has 0 saturated heterocycles. The highest BCUT2D eigenvalue weighted by molar-refractivity contribution is 5.96. The van der Waals surface area contributed by atoms with Crippen LogP contribution in [-0.2, 0) is 0 Å². The molecule has 0 saturated carbocycles. The molecule has 6 nitrogen and oxygen atoms in total. The second-order valence-corrected chi connectivity index (χ2v) is 4.32. The van der Waals surface area contributed by atoms with E-state index in [1.165, 1.54) is 11.1 Å². The Labute approximate surface area is 106 Å². The predicted octanol–water partition coefficient (Wildman–Crippen LogP) is 1.17. The van der Waals surface area contributed by atoms with Crippen LogP contribution in [0.5, 0.6) is 0 Å². The lowest BCUT2D eigenvalue weighted by Crippen LogP contribution is -2.29. The molecule has 1 amide bonds. The molecule has 0 fully saturated rings. The van der Waals surface area contributed by atoms with Crippen molar-refractivity contribution in [1.82, 2.24) is 14.9 Å². The summed E-state index contributed by atoms with van der Waals surface area (Å²) < 4.78 is 0. The summed E-state index contributed by atoms with van der Waals surface area (Å²) in [6.45, 7) is 4.24. The number of carbonyl (C=O) groups is 1. The molecular formula is C12H17N5O. The standard InChI is InChI=1S/C12H17N5O/c1-8(2)11-15-7-9(14)10(16-11)12(18)17(3)6-4-5-13/h7-8H,4,6,14H2,1-3H3. The zero-order valence-electron chi connectivity index (χ0n) is 10.8. The maximum Gasteiger partial charge on any atom is 0.274 e. The molecule has 1 rings (SSSR count). The lowest BCUT2D eigenvalue weighted by molar-refractivity contribution is 0.0793. The Hall–Kier alpha value is -2.16. The van der Waals surface area contributed by atoms with Gasteiger partial charge in [0, 0.05) is 19.5 Å². The number of hydrogen-bond acceptors (Lipinski definition) is 5. The Morgan fingerprint density at radius 1 is 1.61 bits per heavy atom. The van der Waals surface area contributed by atoms with Crippen LogP contribution in [0, 0.1) is 11.3 Å². The van der Waals surface area contributed by atoms with Crippen LogP contribution in [-0.4, -0.2) is 34.4 Å². The van der Waals surface area contributed by atoms with Gasteiger partial charge in [0.2, 0.25) is 0 Å². The molecule has 0 radical (unpaired) electrons. The Kier molecular flexibility index (Phi) is 4.60. The van der Waals surface area contributed by atoms with E-state index < -0.39 is 0 Å². The quantitative estimate of drug-likeness (QED) is 0.861. The van der Waals surface area contributed by atoms with Crippen molar-refractivity contribution in [2.45, 2.75) is 26.2 Å². The molecule has 1 aromatic heterocycles. The van der Waals surface area contributed by atoms with Crippen molar-refractivity contribution >= 4 is 11.6 Å². The zero-order valence-corrected chi connectivity index (χ0v) is 10.8. The molecule has 0 aliphatic carbocycles. The molecule has 2 N–H and O–H groups in total. The normalized spacial score (nSPS) is 10.2. The van der Waals surface area contributed by atoms with Gasteiger partial charge in [0.25, 0.3) is 5.91 Å². The predicted molar refractivity (Wildman–Crippen MR) is 67.7 cm³/mol. The average molecular weight is 247 g/mol. The fraction of sp³-hybridized carbons (Fsp3) is 0.500. The first-order chi connectivity index (χ1) is 8.47. The van der Waals surface area contributed by atoms with E-state index in [-0.39, 0.29) is 29.6 Å². The van der Waals surface area contributed by atoms with Gasteiger partial charge in [0.05, 0.1) is 24.4 Å². The highest BCUT2D eigenvalue weighted by Crippen LogP contribution is 2.15. The van der Waals surface area contributed by atoms with Crippen molar-refractivity contribution in [2.75, 3.05) is 19.3 Å². The maximum atomic E-state index is 12.1. The van der Waals surface area contributed by atoms with Gasteiger partial charge in [-0.05, 0) is 0 Å². The number of nitrogens with zero attached hydrogens (tertiary/aromatic N) is 4. The van der Waals surface area contributed by atoms with Gasteiger partial charge in [-0.15, -0.1) is 0 Å². The first-order valence-electron chi connectivity index (χ1n) is 5.72.